The molecule has 0 aliphatic heterocycles. The van der Waals surface area contributed by atoms with Crippen LogP contribution in [-0.4, -0.2) is 29.4 Å². The number of nitrogens with one attached hydrogen (secondary N) is 2. The molecule has 0 unspecified atom stereocenters. The number of urea groups is 1. The standard InChI is InChI=1S/C19H18N4O2/c24-19(21-16-9-5-2-6-10-16)20-13-14-25-18-12-11-17(22-23-18)15-7-3-1-4-8-15/h1-12H,13-14H2,(H2,20,21,24). The van der Waals surface area contributed by atoms with Gasteiger partial charge in [-0.05, 0) is 18.2 Å². The van der Waals surface area contributed by atoms with Crippen LogP contribution in [0.2, 0.25) is 0 Å². The topological polar surface area (TPSA) is 76.1 Å². The molecule has 1 aromatic heterocycles. The third-order valence-electron chi connectivity index (χ3n) is 3.38. The van der Waals surface area contributed by atoms with Crippen molar-refractivity contribution in [3.05, 3.63) is 72.8 Å². The summed E-state index contributed by atoms with van der Waals surface area (Å²) in [5, 5.41) is 13.6. The van der Waals surface area contributed by atoms with Crippen LogP contribution in [0.5, 0.6) is 5.88 Å². The number of hydrogen-bond donors (Lipinski definition) is 2. The Bertz CT molecular complexity index is 793. The number of rotatable bonds is 6. The predicted molar refractivity (Wildman–Crippen MR) is 96.4 cm³/mol. The molecule has 2 amide bonds. The van der Waals surface area contributed by atoms with Gasteiger partial charge in [0.05, 0.1) is 12.2 Å². The van der Waals surface area contributed by atoms with Gasteiger partial charge in [0.2, 0.25) is 5.88 Å². The van der Waals surface area contributed by atoms with Crippen LogP contribution < -0.4 is 15.4 Å². The third-order valence-corrected chi connectivity index (χ3v) is 3.38. The van der Waals surface area contributed by atoms with Gasteiger partial charge in [-0.25, -0.2) is 4.79 Å². The number of aromatic nitrogens is 2. The average molecular weight is 334 g/mol. The van der Waals surface area contributed by atoms with Crippen LogP contribution >= 0.6 is 0 Å². The zero-order chi connectivity index (χ0) is 17.3. The summed E-state index contributed by atoms with van der Waals surface area (Å²) in [6, 6.07) is 22.4. The monoisotopic (exact) mass is 334 g/mol. The molecule has 126 valence electrons. The molecule has 0 atom stereocenters. The molecule has 0 bridgehead atoms. The van der Waals surface area contributed by atoms with Gasteiger partial charge in [-0.3, -0.25) is 0 Å². The normalized spacial score (nSPS) is 10.1. The molecule has 3 rings (SSSR count). The average Bonchev–Trinajstić information content (AvgIpc) is 2.67. The molecule has 0 aliphatic rings. The maximum atomic E-state index is 11.7. The Balaban J connectivity index is 1.41. The summed E-state index contributed by atoms with van der Waals surface area (Å²) in [6.07, 6.45) is 0. The van der Waals surface area contributed by atoms with Crippen molar-refractivity contribution in [1.82, 2.24) is 15.5 Å². The van der Waals surface area contributed by atoms with Gasteiger partial charge in [0, 0.05) is 17.3 Å². The minimum atomic E-state index is -0.277. The maximum Gasteiger partial charge on any atom is 0.319 e. The highest BCUT2D eigenvalue weighted by Gasteiger charge is 2.03. The number of carbonyl (C=O) groups excluding carboxylic acids is 1. The Labute approximate surface area is 145 Å². The van der Waals surface area contributed by atoms with E-state index in [2.05, 4.69) is 20.8 Å². The number of amides is 2. The fourth-order valence-corrected chi connectivity index (χ4v) is 2.18. The summed E-state index contributed by atoms with van der Waals surface area (Å²) in [5.41, 5.74) is 2.53. The summed E-state index contributed by atoms with van der Waals surface area (Å²) in [5.74, 6) is 0.421. The summed E-state index contributed by atoms with van der Waals surface area (Å²) < 4.78 is 5.48. The molecule has 0 radical (unpaired) electrons. The molecule has 0 spiro atoms. The summed E-state index contributed by atoms with van der Waals surface area (Å²) in [6.45, 7) is 0.669. The molecule has 0 fully saturated rings. The molecular formula is C19H18N4O2. The van der Waals surface area contributed by atoms with Crippen LogP contribution in [0.3, 0.4) is 0 Å². The van der Waals surface area contributed by atoms with E-state index in [4.69, 9.17) is 4.74 Å². The lowest BCUT2D eigenvalue weighted by molar-refractivity contribution is 0.246. The van der Waals surface area contributed by atoms with Gasteiger partial charge >= 0.3 is 6.03 Å². The fourth-order valence-electron chi connectivity index (χ4n) is 2.18. The first kappa shape index (κ1) is 16.4. The van der Waals surface area contributed by atoms with E-state index in [0.29, 0.717) is 19.0 Å². The van der Waals surface area contributed by atoms with E-state index in [1.54, 1.807) is 6.07 Å². The van der Waals surface area contributed by atoms with Gasteiger partial charge in [-0.2, -0.15) is 0 Å². The van der Waals surface area contributed by atoms with Crippen molar-refractivity contribution in [1.29, 1.82) is 0 Å². The van der Waals surface area contributed by atoms with Crippen molar-refractivity contribution >= 4 is 11.7 Å². The van der Waals surface area contributed by atoms with Gasteiger partial charge in [-0.1, -0.05) is 48.5 Å². The van der Waals surface area contributed by atoms with Crippen molar-refractivity contribution in [2.24, 2.45) is 0 Å². The van der Waals surface area contributed by atoms with Gasteiger partial charge in [0.1, 0.15) is 6.61 Å². The maximum absolute atomic E-state index is 11.7. The Morgan fingerprint density at radius 2 is 1.60 bits per heavy atom. The predicted octanol–water partition coefficient (Wildman–Crippen LogP) is 3.34. The Morgan fingerprint density at radius 1 is 0.880 bits per heavy atom. The number of carbonyl (C=O) groups is 1. The number of benzene rings is 2. The minimum Gasteiger partial charge on any atom is -0.475 e. The van der Waals surface area contributed by atoms with Gasteiger partial charge in [0.15, 0.2) is 0 Å². The molecule has 0 aliphatic carbocycles. The highest BCUT2D eigenvalue weighted by Crippen LogP contribution is 2.16. The number of anilines is 1. The second-order valence-electron chi connectivity index (χ2n) is 5.22. The first-order valence-corrected chi connectivity index (χ1v) is 7.93. The molecule has 2 N–H and O–H groups in total. The quantitative estimate of drug-likeness (QED) is 0.678. The molecular weight excluding hydrogens is 316 g/mol. The van der Waals surface area contributed by atoms with Crippen molar-refractivity contribution in [3.63, 3.8) is 0 Å². The zero-order valence-electron chi connectivity index (χ0n) is 13.6. The molecule has 6 heteroatoms. The SMILES string of the molecule is O=C(NCCOc1ccc(-c2ccccc2)nn1)Nc1ccccc1. The van der Waals surface area contributed by atoms with Gasteiger partial charge in [-0.15, -0.1) is 10.2 Å². The summed E-state index contributed by atoms with van der Waals surface area (Å²) in [7, 11) is 0. The number of ether oxygens (including phenoxy) is 1. The summed E-state index contributed by atoms with van der Waals surface area (Å²) in [4.78, 5) is 11.7. The van der Waals surface area contributed by atoms with Crippen LogP contribution in [0.15, 0.2) is 72.8 Å². The Kier molecular flexibility index (Phi) is 5.56. The highest BCUT2D eigenvalue weighted by atomic mass is 16.5. The third kappa shape index (κ3) is 5.04. The van der Waals surface area contributed by atoms with Crippen LogP contribution in [-0.2, 0) is 0 Å². The lowest BCUT2D eigenvalue weighted by Crippen LogP contribution is -2.32. The number of nitrogens with zero attached hydrogens (tertiary/aromatic N) is 2. The summed E-state index contributed by atoms with van der Waals surface area (Å²) >= 11 is 0. The molecule has 25 heavy (non-hydrogen) atoms. The van der Waals surface area contributed by atoms with Crippen LogP contribution in [0, 0.1) is 0 Å². The smallest absolute Gasteiger partial charge is 0.319 e. The van der Waals surface area contributed by atoms with Crippen LogP contribution in [0.1, 0.15) is 0 Å². The van der Waals surface area contributed by atoms with Gasteiger partial charge < -0.3 is 15.4 Å². The molecule has 2 aromatic carbocycles. The van der Waals surface area contributed by atoms with Crippen molar-refractivity contribution in [3.8, 4) is 17.1 Å². The molecule has 6 nitrogen and oxygen atoms in total. The molecule has 3 aromatic rings. The Morgan fingerprint density at radius 3 is 2.28 bits per heavy atom. The Hall–Kier alpha value is -3.41. The van der Waals surface area contributed by atoms with E-state index < -0.39 is 0 Å². The zero-order valence-corrected chi connectivity index (χ0v) is 13.6. The number of hydrogen-bond acceptors (Lipinski definition) is 4. The number of para-hydroxylation sites is 1. The first-order valence-electron chi connectivity index (χ1n) is 7.93. The molecule has 1 heterocycles. The van der Waals surface area contributed by atoms with Crippen LogP contribution in [0.25, 0.3) is 11.3 Å². The fraction of sp³-hybridized carbons (Fsp3) is 0.105. The van der Waals surface area contributed by atoms with Crippen LogP contribution in [0.4, 0.5) is 10.5 Å². The second kappa shape index (κ2) is 8.44. The van der Waals surface area contributed by atoms with Crippen molar-refractivity contribution in [2.45, 2.75) is 0 Å². The lowest BCUT2D eigenvalue weighted by atomic mass is 10.1. The first-order chi connectivity index (χ1) is 12.3. The second-order valence-corrected chi connectivity index (χ2v) is 5.22. The van der Waals surface area contributed by atoms with E-state index >= 15 is 0 Å². The minimum absolute atomic E-state index is 0.277. The molecule has 0 saturated carbocycles. The van der Waals surface area contributed by atoms with Crippen molar-refractivity contribution < 1.29 is 9.53 Å². The van der Waals surface area contributed by atoms with E-state index in [0.717, 1.165) is 16.9 Å². The van der Waals surface area contributed by atoms with Gasteiger partial charge in [0.25, 0.3) is 0 Å². The van der Waals surface area contributed by atoms with E-state index in [1.165, 1.54) is 0 Å². The highest BCUT2D eigenvalue weighted by molar-refractivity contribution is 5.89. The molecule has 0 saturated heterocycles. The van der Waals surface area contributed by atoms with E-state index in [-0.39, 0.29) is 6.03 Å². The van der Waals surface area contributed by atoms with E-state index in [1.807, 2.05) is 66.7 Å². The largest absolute Gasteiger partial charge is 0.475 e. The van der Waals surface area contributed by atoms with Crippen molar-refractivity contribution in [2.75, 3.05) is 18.5 Å². The lowest BCUT2D eigenvalue weighted by Gasteiger charge is -2.08. The van der Waals surface area contributed by atoms with E-state index in [9.17, 15) is 4.79 Å².